The lowest BCUT2D eigenvalue weighted by molar-refractivity contribution is 0.498. The van der Waals surface area contributed by atoms with Crippen molar-refractivity contribution in [3.05, 3.63) is 57.3 Å². The molecule has 1 aromatic heterocycles. The first-order valence-electron chi connectivity index (χ1n) is 6.12. The zero-order chi connectivity index (χ0) is 11.8. The minimum atomic E-state index is 0.194. The van der Waals surface area contributed by atoms with Gasteiger partial charge in [0.05, 0.1) is 0 Å². The van der Waals surface area contributed by atoms with Crippen LogP contribution in [0.4, 0.5) is 0 Å². The Morgan fingerprint density at radius 2 is 2.18 bits per heavy atom. The SMILES string of the molecule is Cc1cscc1C(N)CC1Cc2ccccc21. The third kappa shape index (κ3) is 1.92. The third-order valence-electron chi connectivity index (χ3n) is 3.79. The first-order chi connectivity index (χ1) is 8.25. The number of hydrogen-bond acceptors (Lipinski definition) is 2. The van der Waals surface area contributed by atoms with Gasteiger partial charge in [-0.2, -0.15) is 11.3 Å². The van der Waals surface area contributed by atoms with Crippen LogP contribution < -0.4 is 5.73 Å². The van der Waals surface area contributed by atoms with Gasteiger partial charge in [0, 0.05) is 6.04 Å². The normalized spacial score (nSPS) is 19.5. The van der Waals surface area contributed by atoms with Crippen LogP contribution >= 0.6 is 11.3 Å². The molecular weight excluding hydrogens is 226 g/mol. The number of thiophene rings is 1. The average molecular weight is 243 g/mol. The first-order valence-corrected chi connectivity index (χ1v) is 7.06. The van der Waals surface area contributed by atoms with Crippen LogP contribution in [-0.4, -0.2) is 0 Å². The second-order valence-corrected chi connectivity index (χ2v) is 5.70. The molecule has 0 aliphatic heterocycles. The highest BCUT2D eigenvalue weighted by atomic mass is 32.1. The van der Waals surface area contributed by atoms with E-state index in [1.807, 2.05) is 0 Å². The summed E-state index contributed by atoms with van der Waals surface area (Å²) in [5.74, 6) is 0.667. The Bertz CT molecular complexity index is 529. The van der Waals surface area contributed by atoms with Crippen LogP contribution in [-0.2, 0) is 6.42 Å². The third-order valence-corrected chi connectivity index (χ3v) is 4.67. The molecule has 0 fully saturated rings. The summed E-state index contributed by atoms with van der Waals surface area (Å²) in [6.45, 7) is 2.15. The van der Waals surface area contributed by atoms with Crippen LogP contribution in [0.25, 0.3) is 0 Å². The van der Waals surface area contributed by atoms with Gasteiger partial charge in [0.1, 0.15) is 0 Å². The van der Waals surface area contributed by atoms with E-state index in [-0.39, 0.29) is 6.04 Å². The molecule has 0 bridgehead atoms. The highest BCUT2D eigenvalue weighted by Crippen LogP contribution is 2.40. The maximum absolute atomic E-state index is 6.31. The number of nitrogens with two attached hydrogens (primary N) is 1. The van der Waals surface area contributed by atoms with E-state index >= 15 is 0 Å². The van der Waals surface area contributed by atoms with Crippen molar-refractivity contribution in [1.82, 2.24) is 0 Å². The van der Waals surface area contributed by atoms with Gasteiger partial charge in [-0.3, -0.25) is 0 Å². The van der Waals surface area contributed by atoms with Crippen molar-refractivity contribution in [3.8, 4) is 0 Å². The van der Waals surface area contributed by atoms with Crippen molar-refractivity contribution in [2.75, 3.05) is 0 Å². The maximum Gasteiger partial charge on any atom is 0.0311 e. The quantitative estimate of drug-likeness (QED) is 0.872. The van der Waals surface area contributed by atoms with E-state index in [9.17, 15) is 0 Å². The molecule has 2 unspecified atom stereocenters. The Labute approximate surface area is 106 Å². The predicted octanol–water partition coefficient (Wildman–Crippen LogP) is 3.79. The molecule has 1 aliphatic rings. The summed E-state index contributed by atoms with van der Waals surface area (Å²) in [6.07, 6.45) is 2.28. The van der Waals surface area contributed by atoms with E-state index in [1.54, 1.807) is 11.3 Å². The smallest absolute Gasteiger partial charge is 0.0311 e. The van der Waals surface area contributed by atoms with E-state index in [0.29, 0.717) is 5.92 Å². The molecule has 0 saturated heterocycles. The van der Waals surface area contributed by atoms with Gasteiger partial charge < -0.3 is 5.73 Å². The Kier molecular flexibility index (Phi) is 2.77. The van der Waals surface area contributed by atoms with Crippen LogP contribution in [0.1, 0.15) is 40.6 Å². The summed E-state index contributed by atoms with van der Waals surface area (Å²) < 4.78 is 0. The average Bonchev–Trinajstić information content (AvgIpc) is 2.72. The fourth-order valence-corrected chi connectivity index (χ4v) is 3.67. The molecule has 1 aromatic carbocycles. The van der Waals surface area contributed by atoms with Crippen LogP contribution in [0.5, 0.6) is 0 Å². The van der Waals surface area contributed by atoms with Gasteiger partial charge in [0.2, 0.25) is 0 Å². The largest absolute Gasteiger partial charge is 0.324 e. The Morgan fingerprint density at radius 1 is 1.35 bits per heavy atom. The number of benzene rings is 1. The predicted molar refractivity (Wildman–Crippen MR) is 73.5 cm³/mol. The molecular formula is C15H17NS. The van der Waals surface area contributed by atoms with Gasteiger partial charge in [-0.15, -0.1) is 0 Å². The topological polar surface area (TPSA) is 26.0 Å². The van der Waals surface area contributed by atoms with Crippen molar-refractivity contribution in [2.45, 2.75) is 31.7 Å². The van der Waals surface area contributed by atoms with Crippen LogP contribution in [0.15, 0.2) is 35.0 Å². The number of rotatable bonds is 3. The molecule has 0 saturated carbocycles. The van der Waals surface area contributed by atoms with Crippen LogP contribution in [0, 0.1) is 6.92 Å². The van der Waals surface area contributed by atoms with E-state index in [4.69, 9.17) is 5.73 Å². The van der Waals surface area contributed by atoms with Crippen molar-refractivity contribution in [2.24, 2.45) is 5.73 Å². The summed E-state index contributed by atoms with van der Waals surface area (Å²) in [4.78, 5) is 0. The number of aryl methyl sites for hydroxylation is 1. The molecule has 2 atom stereocenters. The van der Waals surface area contributed by atoms with Crippen LogP contribution in [0.3, 0.4) is 0 Å². The van der Waals surface area contributed by atoms with Crippen LogP contribution in [0.2, 0.25) is 0 Å². The molecule has 2 N–H and O–H groups in total. The number of hydrogen-bond donors (Lipinski definition) is 1. The molecule has 0 radical (unpaired) electrons. The van der Waals surface area contributed by atoms with Gasteiger partial charge in [0.15, 0.2) is 0 Å². The summed E-state index contributed by atoms with van der Waals surface area (Å²) in [5, 5.41) is 4.38. The maximum atomic E-state index is 6.31. The lowest BCUT2D eigenvalue weighted by Gasteiger charge is -2.32. The first kappa shape index (κ1) is 11.0. The zero-order valence-corrected chi connectivity index (χ0v) is 10.8. The summed E-state index contributed by atoms with van der Waals surface area (Å²) in [5.41, 5.74) is 12.0. The molecule has 3 rings (SSSR count). The second-order valence-electron chi connectivity index (χ2n) is 4.95. The molecule has 0 spiro atoms. The summed E-state index contributed by atoms with van der Waals surface area (Å²) in [6, 6.07) is 8.92. The van der Waals surface area contributed by atoms with Crippen molar-refractivity contribution < 1.29 is 0 Å². The standard InChI is InChI=1S/C15H17NS/c1-10-8-17-9-14(10)15(16)7-12-6-11-4-2-3-5-13(11)12/h2-5,8-9,12,15H,6-7,16H2,1H3. The van der Waals surface area contributed by atoms with E-state index < -0.39 is 0 Å². The lowest BCUT2D eigenvalue weighted by Crippen LogP contribution is -2.22. The highest BCUT2D eigenvalue weighted by molar-refractivity contribution is 7.08. The summed E-state index contributed by atoms with van der Waals surface area (Å²) >= 11 is 1.75. The van der Waals surface area contributed by atoms with Gasteiger partial charge >= 0.3 is 0 Å². The molecule has 2 aromatic rings. The highest BCUT2D eigenvalue weighted by Gasteiger charge is 2.27. The van der Waals surface area contributed by atoms with Gasteiger partial charge in [-0.05, 0) is 58.7 Å². The summed E-state index contributed by atoms with van der Waals surface area (Å²) in [7, 11) is 0. The van der Waals surface area contributed by atoms with Gasteiger partial charge in [-0.1, -0.05) is 24.3 Å². The molecule has 1 aliphatic carbocycles. The Hall–Kier alpha value is -1.12. The molecule has 1 heterocycles. The fourth-order valence-electron chi connectivity index (χ4n) is 2.76. The molecule has 2 heteroatoms. The van der Waals surface area contributed by atoms with Gasteiger partial charge in [0.25, 0.3) is 0 Å². The Morgan fingerprint density at radius 3 is 2.88 bits per heavy atom. The lowest BCUT2D eigenvalue weighted by atomic mass is 9.74. The fraction of sp³-hybridized carbons (Fsp3) is 0.333. The zero-order valence-electron chi connectivity index (χ0n) is 10.0. The van der Waals surface area contributed by atoms with Crippen molar-refractivity contribution in [1.29, 1.82) is 0 Å². The molecule has 0 amide bonds. The van der Waals surface area contributed by atoms with E-state index in [0.717, 1.165) is 6.42 Å². The minimum Gasteiger partial charge on any atom is -0.324 e. The number of fused-ring (bicyclic) bond motifs is 1. The van der Waals surface area contributed by atoms with Gasteiger partial charge in [-0.25, -0.2) is 0 Å². The second kappa shape index (κ2) is 4.28. The Balaban J connectivity index is 1.72. The van der Waals surface area contributed by atoms with Crippen molar-refractivity contribution >= 4 is 11.3 Å². The monoisotopic (exact) mass is 243 g/mol. The minimum absolute atomic E-state index is 0.194. The van der Waals surface area contributed by atoms with Crippen molar-refractivity contribution in [3.63, 3.8) is 0 Å². The molecule has 88 valence electrons. The molecule has 1 nitrogen and oxygen atoms in total. The molecule has 17 heavy (non-hydrogen) atoms. The van der Waals surface area contributed by atoms with E-state index in [2.05, 4.69) is 41.9 Å². The van der Waals surface area contributed by atoms with E-state index in [1.165, 1.54) is 28.7 Å².